The van der Waals surface area contributed by atoms with E-state index in [1.165, 1.54) is 12.8 Å². The Balaban J connectivity index is 1.51. The normalized spacial score (nSPS) is 14.3. The molecule has 0 aliphatic carbocycles. The maximum atomic E-state index is 12.3. The Bertz CT molecular complexity index is 764. The number of urea groups is 1. The van der Waals surface area contributed by atoms with Crippen molar-refractivity contribution in [2.24, 2.45) is 0 Å². The number of nitrogens with two attached hydrogens (primary N) is 1. The number of nitrogen functional groups attached to an aromatic ring is 1. The molecule has 1 fully saturated rings. The molecule has 0 aromatic heterocycles. The van der Waals surface area contributed by atoms with Crippen LogP contribution >= 0.6 is 0 Å². The van der Waals surface area contributed by atoms with E-state index in [0.717, 1.165) is 37.2 Å². The monoisotopic (exact) mass is 366 g/mol. The van der Waals surface area contributed by atoms with E-state index < -0.39 is 0 Å². The van der Waals surface area contributed by atoms with Crippen molar-refractivity contribution in [1.29, 1.82) is 0 Å². The third-order valence-corrected chi connectivity index (χ3v) is 4.66. The van der Waals surface area contributed by atoms with Crippen LogP contribution in [0.15, 0.2) is 48.5 Å². The molecule has 4 N–H and O–H groups in total. The molecular formula is C21H26N4O2. The minimum atomic E-state index is -0.0962. The Morgan fingerprint density at radius 1 is 0.815 bits per heavy atom. The van der Waals surface area contributed by atoms with Crippen LogP contribution in [0.4, 0.5) is 21.9 Å². The van der Waals surface area contributed by atoms with Gasteiger partial charge in [-0.2, -0.15) is 0 Å². The summed E-state index contributed by atoms with van der Waals surface area (Å²) in [6.45, 7) is 1.62. The maximum Gasteiger partial charge on any atom is 0.321 e. The number of hydrogen-bond acceptors (Lipinski definition) is 3. The Hall–Kier alpha value is -3.02. The van der Waals surface area contributed by atoms with Crippen molar-refractivity contribution >= 4 is 29.0 Å². The zero-order valence-electron chi connectivity index (χ0n) is 15.4. The summed E-state index contributed by atoms with van der Waals surface area (Å²) in [5, 5.41) is 5.79. The number of hydrogen-bond donors (Lipinski definition) is 3. The molecule has 2 aromatic carbocycles. The maximum absolute atomic E-state index is 12.3. The first-order valence-corrected chi connectivity index (χ1v) is 9.40. The summed E-state index contributed by atoms with van der Waals surface area (Å²) in [6, 6.07) is 14.4. The predicted octanol–water partition coefficient (Wildman–Crippen LogP) is 3.86. The fourth-order valence-electron chi connectivity index (χ4n) is 3.14. The van der Waals surface area contributed by atoms with E-state index >= 15 is 0 Å². The number of likely N-dealkylation sites (tertiary alicyclic amines) is 1. The molecule has 1 aliphatic rings. The van der Waals surface area contributed by atoms with Gasteiger partial charge in [-0.3, -0.25) is 4.79 Å². The number of carbonyl (C=O) groups is 2. The first-order chi connectivity index (χ1) is 13.1. The zero-order chi connectivity index (χ0) is 19.1. The van der Waals surface area contributed by atoms with Gasteiger partial charge in [0.1, 0.15) is 0 Å². The molecule has 6 heteroatoms. The lowest BCUT2D eigenvalue weighted by atomic mass is 10.1. The number of benzene rings is 2. The first kappa shape index (κ1) is 18.8. The highest BCUT2D eigenvalue weighted by atomic mass is 16.2. The molecule has 0 unspecified atom stereocenters. The number of rotatable bonds is 4. The molecule has 1 heterocycles. The van der Waals surface area contributed by atoms with Crippen LogP contribution in [-0.4, -0.2) is 29.9 Å². The molecule has 3 rings (SSSR count). The molecule has 0 bridgehead atoms. The molecule has 27 heavy (non-hydrogen) atoms. The summed E-state index contributed by atoms with van der Waals surface area (Å²) in [5.74, 6) is -0.0962. The van der Waals surface area contributed by atoms with Crippen molar-refractivity contribution in [3.05, 3.63) is 54.1 Å². The van der Waals surface area contributed by atoms with Gasteiger partial charge in [0.15, 0.2) is 0 Å². The van der Waals surface area contributed by atoms with Gasteiger partial charge >= 0.3 is 6.03 Å². The minimum Gasteiger partial charge on any atom is -0.399 e. The minimum absolute atomic E-state index is 0.0583. The highest BCUT2D eigenvalue weighted by molar-refractivity contribution is 5.93. The predicted molar refractivity (Wildman–Crippen MR) is 109 cm³/mol. The van der Waals surface area contributed by atoms with Crippen molar-refractivity contribution in [1.82, 2.24) is 4.90 Å². The molecule has 6 nitrogen and oxygen atoms in total. The third-order valence-electron chi connectivity index (χ3n) is 4.66. The van der Waals surface area contributed by atoms with E-state index in [1.807, 2.05) is 17.0 Å². The first-order valence-electron chi connectivity index (χ1n) is 9.40. The number of carbonyl (C=O) groups excluding carboxylic acids is 2. The summed E-state index contributed by atoms with van der Waals surface area (Å²) in [5.41, 5.74) is 8.66. The molecule has 1 saturated heterocycles. The van der Waals surface area contributed by atoms with Crippen LogP contribution in [0.1, 0.15) is 31.2 Å². The van der Waals surface area contributed by atoms with E-state index in [0.29, 0.717) is 11.4 Å². The average molecular weight is 366 g/mol. The van der Waals surface area contributed by atoms with Crippen molar-refractivity contribution in [2.75, 3.05) is 29.5 Å². The molecule has 0 radical (unpaired) electrons. The molecule has 0 saturated carbocycles. The Labute approximate surface area is 159 Å². The molecule has 142 valence electrons. The van der Waals surface area contributed by atoms with Crippen molar-refractivity contribution < 1.29 is 9.59 Å². The standard InChI is InChI=1S/C21H26N4O2/c22-17-7-5-16(6-8-17)15-20(26)23-18-9-11-19(12-10-18)24-21(27)25-13-3-1-2-4-14-25/h5-12H,1-4,13-15,22H2,(H,23,26)(H,24,27). The van der Waals surface area contributed by atoms with Crippen LogP contribution in [0, 0.1) is 0 Å². The molecule has 3 amide bonds. The quantitative estimate of drug-likeness (QED) is 0.718. The molecule has 0 atom stereocenters. The second kappa shape index (κ2) is 9.07. The number of nitrogens with zero attached hydrogens (tertiary/aromatic N) is 1. The lowest BCUT2D eigenvalue weighted by Gasteiger charge is -2.20. The van der Waals surface area contributed by atoms with Gasteiger partial charge in [-0.25, -0.2) is 4.79 Å². The fourth-order valence-corrected chi connectivity index (χ4v) is 3.14. The smallest absolute Gasteiger partial charge is 0.321 e. The van der Waals surface area contributed by atoms with Gasteiger partial charge in [0, 0.05) is 30.2 Å². The van der Waals surface area contributed by atoms with E-state index in [-0.39, 0.29) is 18.4 Å². The van der Waals surface area contributed by atoms with Gasteiger partial charge < -0.3 is 21.3 Å². The molecule has 0 spiro atoms. The number of amides is 3. The summed E-state index contributed by atoms with van der Waals surface area (Å²) in [7, 11) is 0. The van der Waals surface area contributed by atoms with Crippen LogP contribution in [0.3, 0.4) is 0 Å². The van der Waals surface area contributed by atoms with Crippen molar-refractivity contribution in [3.8, 4) is 0 Å². The van der Waals surface area contributed by atoms with Gasteiger partial charge in [-0.1, -0.05) is 25.0 Å². The Morgan fingerprint density at radius 2 is 1.37 bits per heavy atom. The van der Waals surface area contributed by atoms with Gasteiger partial charge in [0.25, 0.3) is 0 Å². The van der Waals surface area contributed by atoms with Gasteiger partial charge in [-0.05, 0) is 54.8 Å². The van der Waals surface area contributed by atoms with Crippen LogP contribution in [0.2, 0.25) is 0 Å². The highest BCUT2D eigenvalue weighted by Gasteiger charge is 2.15. The summed E-state index contributed by atoms with van der Waals surface area (Å²) < 4.78 is 0. The van der Waals surface area contributed by atoms with E-state index in [9.17, 15) is 9.59 Å². The lowest BCUT2D eigenvalue weighted by molar-refractivity contribution is -0.115. The second-order valence-electron chi connectivity index (χ2n) is 6.88. The summed E-state index contributed by atoms with van der Waals surface area (Å²) in [4.78, 5) is 26.4. The fraction of sp³-hybridized carbons (Fsp3) is 0.333. The van der Waals surface area contributed by atoms with E-state index in [2.05, 4.69) is 10.6 Å². The third kappa shape index (κ3) is 5.74. The van der Waals surface area contributed by atoms with E-state index in [1.54, 1.807) is 36.4 Å². The number of nitrogens with one attached hydrogen (secondary N) is 2. The van der Waals surface area contributed by atoms with Crippen molar-refractivity contribution in [2.45, 2.75) is 32.1 Å². The van der Waals surface area contributed by atoms with E-state index in [4.69, 9.17) is 5.73 Å². The highest BCUT2D eigenvalue weighted by Crippen LogP contribution is 2.16. The zero-order valence-corrected chi connectivity index (χ0v) is 15.4. The molecule has 1 aliphatic heterocycles. The summed E-state index contributed by atoms with van der Waals surface area (Å²) >= 11 is 0. The van der Waals surface area contributed by atoms with Gasteiger partial charge in [0.2, 0.25) is 5.91 Å². The molecular weight excluding hydrogens is 340 g/mol. The Kier molecular flexibility index (Phi) is 6.30. The largest absolute Gasteiger partial charge is 0.399 e. The van der Waals surface area contributed by atoms with Gasteiger partial charge in [-0.15, -0.1) is 0 Å². The van der Waals surface area contributed by atoms with Crippen LogP contribution < -0.4 is 16.4 Å². The van der Waals surface area contributed by atoms with Crippen molar-refractivity contribution in [3.63, 3.8) is 0 Å². The van der Waals surface area contributed by atoms with Crippen LogP contribution in [-0.2, 0) is 11.2 Å². The van der Waals surface area contributed by atoms with Gasteiger partial charge in [0.05, 0.1) is 6.42 Å². The Morgan fingerprint density at radius 3 is 1.96 bits per heavy atom. The SMILES string of the molecule is Nc1ccc(CC(=O)Nc2ccc(NC(=O)N3CCCCCC3)cc2)cc1. The second-order valence-corrected chi connectivity index (χ2v) is 6.88. The van der Waals surface area contributed by atoms with Crippen LogP contribution in [0.25, 0.3) is 0 Å². The lowest BCUT2D eigenvalue weighted by Crippen LogP contribution is -2.35. The summed E-state index contributed by atoms with van der Waals surface area (Å²) in [6.07, 6.45) is 4.79. The number of anilines is 3. The van der Waals surface area contributed by atoms with Crippen LogP contribution in [0.5, 0.6) is 0 Å². The topological polar surface area (TPSA) is 87.5 Å². The average Bonchev–Trinajstić information content (AvgIpc) is 2.95. The molecule has 2 aromatic rings.